The van der Waals surface area contributed by atoms with E-state index in [0.717, 1.165) is 11.1 Å². The minimum Gasteiger partial charge on any atom is -0.481 e. The Kier molecular flexibility index (Phi) is 3.39. The fourth-order valence-corrected chi connectivity index (χ4v) is 3.18. The third-order valence-electron chi connectivity index (χ3n) is 4.60. The van der Waals surface area contributed by atoms with E-state index in [9.17, 15) is 19.5 Å². The van der Waals surface area contributed by atoms with Gasteiger partial charge in [0.15, 0.2) is 0 Å². The highest BCUT2D eigenvalue weighted by molar-refractivity contribution is 6.08. The van der Waals surface area contributed by atoms with Crippen LogP contribution in [0.15, 0.2) is 24.3 Å². The highest BCUT2D eigenvalue weighted by atomic mass is 16.4. The maximum Gasteiger partial charge on any atom is 0.312 e. The van der Waals surface area contributed by atoms with Crippen molar-refractivity contribution in [2.75, 3.05) is 13.6 Å². The van der Waals surface area contributed by atoms with Gasteiger partial charge in [-0.2, -0.15) is 0 Å². The van der Waals surface area contributed by atoms with E-state index in [1.165, 1.54) is 11.9 Å². The maximum absolute atomic E-state index is 12.7. The molecule has 1 saturated carbocycles. The van der Waals surface area contributed by atoms with Crippen molar-refractivity contribution >= 4 is 17.8 Å². The predicted octanol–water partition coefficient (Wildman–Crippen LogP) is 0.723. The molecule has 0 aromatic heterocycles. The zero-order valence-corrected chi connectivity index (χ0v) is 12.3. The summed E-state index contributed by atoms with van der Waals surface area (Å²) in [4.78, 5) is 37.7. The van der Waals surface area contributed by atoms with Crippen molar-refractivity contribution in [2.45, 2.75) is 25.3 Å². The molecule has 116 valence electrons. The molecule has 0 spiro atoms. The van der Waals surface area contributed by atoms with Gasteiger partial charge in [-0.1, -0.05) is 24.3 Å². The van der Waals surface area contributed by atoms with Crippen molar-refractivity contribution < 1.29 is 19.5 Å². The van der Waals surface area contributed by atoms with Gasteiger partial charge in [0.2, 0.25) is 11.8 Å². The molecule has 1 fully saturated rings. The predicted molar refractivity (Wildman–Crippen MR) is 78.0 cm³/mol. The molecule has 1 aromatic rings. The van der Waals surface area contributed by atoms with Gasteiger partial charge >= 0.3 is 5.97 Å². The van der Waals surface area contributed by atoms with Crippen LogP contribution in [0.1, 0.15) is 29.9 Å². The average Bonchev–Trinajstić information content (AvgIpc) is 3.34. The Labute approximate surface area is 128 Å². The number of hydrogen-bond acceptors (Lipinski definition) is 3. The Morgan fingerprint density at radius 3 is 2.55 bits per heavy atom. The molecule has 1 aliphatic carbocycles. The second kappa shape index (κ2) is 5.12. The van der Waals surface area contributed by atoms with Crippen LogP contribution in [0.5, 0.6) is 0 Å². The summed E-state index contributed by atoms with van der Waals surface area (Å²) in [6.45, 7) is 0.474. The zero-order chi connectivity index (χ0) is 15.9. The van der Waals surface area contributed by atoms with Crippen LogP contribution in [0.4, 0.5) is 0 Å². The number of nitrogens with one attached hydrogen (secondary N) is 1. The number of amides is 2. The smallest absolute Gasteiger partial charge is 0.312 e. The zero-order valence-electron chi connectivity index (χ0n) is 12.3. The van der Waals surface area contributed by atoms with Gasteiger partial charge in [0.1, 0.15) is 5.41 Å². The fraction of sp³-hybridized carbons (Fsp3) is 0.438. The second-order valence-electron chi connectivity index (χ2n) is 5.94. The molecule has 0 saturated heterocycles. The van der Waals surface area contributed by atoms with Gasteiger partial charge in [-0.3, -0.25) is 14.4 Å². The lowest BCUT2D eigenvalue weighted by Gasteiger charge is -2.34. The number of nitrogens with zero attached hydrogens (tertiary/aromatic N) is 1. The normalized spacial score (nSPS) is 21.7. The topological polar surface area (TPSA) is 86.7 Å². The minimum atomic E-state index is -0.982. The third kappa shape index (κ3) is 2.15. The first kappa shape index (κ1) is 14.6. The third-order valence-corrected chi connectivity index (χ3v) is 4.60. The number of carbonyl (C=O) groups excluding carboxylic acids is 2. The first-order chi connectivity index (χ1) is 10.5. The summed E-state index contributed by atoms with van der Waals surface area (Å²) in [7, 11) is 1.52. The number of benzene rings is 1. The Balaban J connectivity index is 1.90. The van der Waals surface area contributed by atoms with Crippen molar-refractivity contribution in [1.29, 1.82) is 0 Å². The molecule has 1 unspecified atom stereocenters. The first-order valence-corrected chi connectivity index (χ1v) is 7.32. The van der Waals surface area contributed by atoms with Gasteiger partial charge in [0.25, 0.3) is 0 Å². The molecular weight excluding hydrogens is 284 g/mol. The van der Waals surface area contributed by atoms with E-state index < -0.39 is 17.3 Å². The molecule has 2 aliphatic rings. The van der Waals surface area contributed by atoms with Crippen LogP contribution in [0.3, 0.4) is 0 Å². The number of carbonyl (C=O) groups is 3. The van der Waals surface area contributed by atoms with E-state index in [0.29, 0.717) is 19.4 Å². The standard InChI is InChI=1S/C16H18N2O4/c1-17-14(21)16(6-7-16)15(22)18-8-10-4-2-3-5-11(10)12(9-18)13(19)20/h2-5,12H,6-9H2,1H3,(H,17,21)(H,19,20). The largest absolute Gasteiger partial charge is 0.481 e. The van der Waals surface area contributed by atoms with Crippen LogP contribution >= 0.6 is 0 Å². The maximum atomic E-state index is 12.7. The Morgan fingerprint density at radius 1 is 1.27 bits per heavy atom. The summed E-state index contributed by atoms with van der Waals surface area (Å²) < 4.78 is 0. The molecule has 6 nitrogen and oxygen atoms in total. The molecule has 1 heterocycles. The van der Waals surface area contributed by atoms with Crippen molar-refractivity contribution in [3.63, 3.8) is 0 Å². The summed E-state index contributed by atoms with van der Waals surface area (Å²) in [5.41, 5.74) is 0.607. The van der Waals surface area contributed by atoms with E-state index in [2.05, 4.69) is 5.32 Å². The van der Waals surface area contributed by atoms with Gasteiger partial charge in [0, 0.05) is 20.1 Å². The van der Waals surface area contributed by atoms with E-state index in [4.69, 9.17) is 0 Å². The minimum absolute atomic E-state index is 0.115. The van der Waals surface area contributed by atoms with Crippen LogP contribution in [0, 0.1) is 5.41 Å². The molecule has 1 aliphatic heterocycles. The summed E-state index contributed by atoms with van der Waals surface area (Å²) in [5.74, 6) is -2.22. The van der Waals surface area contributed by atoms with Gasteiger partial charge in [-0.15, -0.1) is 0 Å². The molecule has 0 radical (unpaired) electrons. The van der Waals surface area contributed by atoms with Gasteiger partial charge in [-0.05, 0) is 24.0 Å². The number of rotatable bonds is 3. The molecule has 2 N–H and O–H groups in total. The van der Waals surface area contributed by atoms with Crippen LogP contribution in [0.25, 0.3) is 0 Å². The quantitative estimate of drug-likeness (QED) is 0.806. The van der Waals surface area contributed by atoms with E-state index in [1.807, 2.05) is 12.1 Å². The summed E-state index contributed by atoms with van der Waals surface area (Å²) in [6.07, 6.45) is 1.06. The van der Waals surface area contributed by atoms with Crippen LogP contribution in [-0.4, -0.2) is 41.4 Å². The summed E-state index contributed by atoms with van der Waals surface area (Å²) >= 11 is 0. The van der Waals surface area contributed by atoms with E-state index in [1.54, 1.807) is 12.1 Å². The fourth-order valence-electron chi connectivity index (χ4n) is 3.18. The number of hydrogen-bond donors (Lipinski definition) is 2. The summed E-state index contributed by atoms with van der Waals surface area (Å²) in [5, 5.41) is 12.0. The molecule has 1 aromatic carbocycles. The van der Waals surface area contributed by atoms with Gasteiger partial charge in [-0.25, -0.2) is 0 Å². The van der Waals surface area contributed by atoms with E-state index in [-0.39, 0.29) is 18.4 Å². The molecule has 0 bridgehead atoms. The van der Waals surface area contributed by atoms with Crippen molar-refractivity contribution in [3.05, 3.63) is 35.4 Å². The lowest BCUT2D eigenvalue weighted by atomic mass is 9.88. The SMILES string of the molecule is CNC(=O)C1(C(=O)N2Cc3ccccc3C(C(=O)O)C2)CC1. The highest BCUT2D eigenvalue weighted by Gasteiger charge is 2.58. The molecular formula is C16H18N2O4. The first-order valence-electron chi connectivity index (χ1n) is 7.32. The lowest BCUT2D eigenvalue weighted by Crippen LogP contribution is -2.48. The van der Waals surface area contributed by atoms with E-state index >= 15 is 0 Å². The molecule has 6 heteroatoms. The van der Waals surface area contributed by atoms with Crippen molar-refractivity contribution in [3.8, 4) is 0 Å². The summed E-state index contributed by atoms with van der Waals surface area (Å²) in [6, 6.07) is 7.27. The number of aliphatic carboxylic acids is 1. The van der Waals surface area contributed by atoms with Gasteiger partial charge in [0.05, 0.1) is 5.92 Å². The number of carboxylic acid groups (broad SMARTS) is 1. The monoisotopic (exact) mass is 302 g/mol. The Morgan fingerprint density at radius 2 is 1.95 bits per heavy atom. The van der Waals surface area contributed by atoms with Crippen molar-refractivity contribution in [2.24, 2.45) is 5.41 Å². The number of fused-ring (bicyclic) bond motifs is 1. The van der Waals surface area contributed by atoms with Crippen LogP contribution in [-0.2, 0) is 20.9 Å². The second-order valence-corrected chi connectivity index (χ2v) is 5.94. The van der Waals surface area contributed by atoms with Crippen LogP contribution < -0.4 is 5.32 Å². The number of carboxylic acids is 1. The molecule has 2 amide bonds. The van der Waals surface area contributed by atoms with Gasteiger partial charge < -0.3 is 15.3 Å². The Hall–Kier alpha value is -2.37. The molecule has 3 rings (SSSR count). The van der Waals surface area contributed by atoms with Crippen LogP contribution in [0.2, 0.25) is 0 Å². The lowest BCUT2D eigenvalue weighted by molar-refractivity contribution is -0.146. The molecule has 22 heavy (non-hydrogen) atoms. The molecule has 1 atom stereocenters. The Bertz CT molecular complexity index is 651. The average molecular weight is 302 g/mol. The highest BCUT2D eigenvalue weighted by Crippen LogP contribution is 2.48. The van der Waals surface area contributed by atoms with Crippen molar-refractivity contribution in [1.82, 2.24) is 10.2 Å².